The van der Waals surface area contributed by atoms with Gasteiger partial charge in [0.2, 0.25) is 0 Å². The van der Waals surface area contributed by atoms with Gasteiger partial charge in [-0.1, -0.05) is 116 Å². The van der Waals surface area contributed by atoms with Crippen molar-refractivity contribution in [2.75, 3.05) is 0 Å². The molecule has 4 heterocycles. The number of imidazole rings is 2. The smallest absolute Gasteiger partial charge is 0.268 e. The molecule has 7 nitrogen and oxygen atoms in total. The number of aryl methyl sites for hydroxylation is 4. The molecule has 1 radical (unpaired) electrons. The molecule has 0 unspecified atom stereocenters. The van der Waals surface area contributed by atoms with Crippen LogP contribution in [0.2, 0.25) is 0 Å². The van der Waals surface area contributed by atoms with Gasteiger partial charge in [-0.05, 0) is 61.6 Å². The molecule has 0 N–H and O–H groups in total. The summed E-state index contributed by atoms with van der Waals surface area (Å²) < 4.78 is 8.33. The fraction of sp³-hybridized carbons (Fsp3) is 0.0800. The van der Waals surface area contributed by atoms with Crippen molar-refractivity contribution in [1.29, 1.82) is 0 Å². The van der Waals surface area contributed by atoms with Gasteiger partial charge in [0, 0.05) is 38.2 Å². The molecule has 0 aliphatic carbocycles. The minimum Gasteiger partial charge on any atom is -0.574 e. The summed E-state index contributed by atoms with van der Waals surface area (Å²) in [5.74, 6) is 0. The molecule has 0 fully saturated rings. The molecule has 4 aromatic heterocycles. The number of fused-ring (bicyclic) bond motifs is 2. The Kier molecular flexibility index (Phi) is 12.3. The Bertz CT molecular complexity index is 2520. The van der Waals surface area contributed by atoms with Gasteiger partial charge in [-0.2, -0.15) is 59.7 Å². The Hall–Kier alpha value is -6.73. The molecule has 10 aromatic rings. The Labute approximate surface area is 352 Å². The van der Waals surface area contributed by atoms with Crippen LogP contribution in [0.4, 0.5) is 0 Å². The third-order valence-electron chi connectivity index (χ3n) is 9.49. The summed E-state index contributed by atoms with van der Waals surface area (Å²) in [7, 11) is 0. The summed E-state index contributed by atoms with van der Waals surface area (Å²) in [6.45, 7) is 8.35. The quantitative estimate of drug-likeness (QED) is 0.128. The number of pyridine rings is 1. The van der Waals surface area contributed by atoms with E-state index in [-0.39, 0.29) is 20.1 Å². The molecule has 0 atom stereocenters. The van der Waals surface area contributed by atoms with Gasteiger partial charge in [-0.3, -0.25) is 14.1 Å². The van der Waals surface area contributed by atoms with Crippen LogP contribution < -0.4 is 14.2 Å². The van der Waals surface area contributed by atoms with Crippen LogP contribution in [0.5, 0.6) is 0 Å². The van der Waals surface area contributed by atoms with Gasteiger partial charge in [-0.15, -0.1) is 0 Å². The average molecular weight is 931 g/mol. The number of aromatic nitrogens is 7. The van der Waals surface area contributed by atoms with E-state index in [2.05, 4.69) is 207 Å². The zero-order valence-corrected chi connectivity index (χ0v) is 35.0. The first-order valence-corrected chi connectivity index (χ1v) is 18.8. The number of nitrogens with zero attached hydrogens (tertiary/aromatic N) is 7. The van der Waals surface area contributed by atoms with Gasteiger partial charge in [0.15, 0.2) is 0 Å². The Morgan fingerprint density at radius 2 is 0.948 bits per heavy atom. The Morgan fingerprint density at radius 3 is 1.36 bits per heavy atom. The van der Waals surface area contributed by atoms with Crippen LogP contribution in [0.15, 0.2) is 170 Å². The van der Waals surface area contributed by atoms with Crippen LogP contribution in [0, 0.1) is 52.5 Å². The third kappa shape index (κ3) is 8.79. The summed E-state index contributed by atoms with van der Waals surface area (Å²) in [5.41, 5.74) is 15.3. The molecule has 10 rings (SSSR count). The molecule has 287 valence electrons. The summed E-state index contributed by atoms with van der Waals surface area (Å²) in [5, 5.41) is 7.58. The summed E-state index contributed by atoms with van der Waals surface area (Å²) in [4.78, 5) is 4.12. The second-order valence-electron chi connectivity index (χ2n) is 13.8. The molecule has 0 amide bonds. The number of hydrogen-bond donors (Lipinski definition) is 0. The van der Waals surface area contributed by atoms with Crippen molar-refractivity contribution in [3.63, 3.8) is 0 Å². The molecular weight excluding hydrogens is 891 g/mol. The molecule has 58 heavy (non-hydrogen) atoms. The number of rotatable bonds is 5. The summed E-state index contributed by atoms with van der Waals surface area (Å²) >= 11 is 0. The van der Waals surface area contributed by atoms with Crippen LogP contribution in [0.1, 0.15) is 22.3 Å². The molecule has 0 saturated heterocycles. The van der Waals surface area contributed by atoms with Gasteiger partial charge in [0.1, 0.15) is 0 Å². The van der Waals surface area contributed by atoms with Gasteiger partial charge in [-0.25, -0.2) is 0 Å². The first-order valence-electron chi connectivity index (χ1n) is 18.8. The van der Waals surface area contributed by atoms with Gasteiger partial charge in [0.05, 0.1) is 33.4 Å². The van der Waals surface area contributed by atoms with Gasteiger partial charge < -0.3 is 19.3 Å². The van der Waals surface area contributed by atoms with E-state index in [1.807, 2.05) is 36.4 Å². The first-order chi connectivity index (χ1) is 27.9. The standard InChI is InChI=1S/2C21H17N2.C8H6N3.Ir/c2*1-16-7-11-18(12-8-16)22-15-23(19-13-9-17(2)10-14-19)21-6-4-3-5-20(21)22;1-2-5-9-7(3-1)8-4-6-10-11-8;/h2*3-13H,1-2H3;1-6H;/q3*-1;. The fourth-order valence-electron chi connectivity index (χ4n) is 6.40. The Balaban J connectivity index is 0.000000139. The van der Waals surface area contributed by atoms with Crippen molar-refractivity contribution in [2.45, 2.75) is 27.7 Å². The predicted octanol–water partition coefficient (Wildman–Crippen LogP) is 9.35. The normalized spacial score (nSPS) is 10.6. The van der Waals surface area contributed by atoms with Crippen molar-refractivity contribution >= 4 is 22.1 Å². The number of benzene rings is 6. The van der Waals surface area contributed by atoms with E-state index in [1.54, 1.807) is 12.4 Å². The second-order valence-corrected chi connectivity index (χ2v) is 13.8. The number of hydrogen-bond acceptors (Lipinski definition) is 2. The molecule has 0 bridgehead atoms. The van der Waals surface area contributed by atoms with E-state index >= 15 is 0 Å². The molecule has 8 heteroatoms. The van der Waals surface area contributed by atoms with Crippen LogP contribution >= 0.6 is 0 Å². The SMILES string of the molecule is Cc1c[c-]c(-n2[c-][n+](-c3ccc(C)cc3)c3ccccc32)cc1.Cc1c[c-]c(-n2[c-][n+](-c3ccc(C)cc3)c3ccccc32)cc1.[Ir].c1ccc(-c2ccn[n-]2)nc1. The molecule has 0 spiro atoms. The largest absolute Gasteiger partial charge is 0.574 e. The van der Waals surface area contributed by atoms with Gasteiger partial charge >= 0.3 is 0 Å². The summed E-state index contributed by atoms with van der Waals surface area (Å²) in [6.07, 6.45) is 10.3. The molecule has 0 saturated carbocycles. The summed E-state index contributed by atoms with van der Waals surface area (Å²) in [6, 6.07) is 60.3. The molecule has 0 aliphatic heterocycles. The van der Waals surface area contributed by atoms with Crippen molar-refractivity contribution in [1.82, 2.24) is 24.3 Å². The van der Waals surface area contributed by atoms with E-state index in [0.29, 0.717) is 0 Å². The van der Waals surface area contributed by atoms with E-state index < -0.39 is 0 Å². The van der Waals surface area contributed by atoms with E-state index in [0.717, 1.165) is 56.2 Å². The van der Waals surface area contributed by atoms with E-state index in [9.17, 15) is 0 Å². The molecule has 0 aliphatic rings. The maximum atomic E-state index is 4.12. The predicted molar refractivity (Wildman–Crippen MR) is 225 cm³/mol. The van der Waals surface area contributed by atoms with E-state index in [4.69, 9.17) is 0 Å². The van der Waals surface area contributed by atoms with Crippen LogP contribution in [-0.2, 0) is 20.1 Å². The zero-order chi connectivity index (χ0) is 39.1. The van der Waals surface area contributed by atoms with Crippen LogP contribution in [0.25, 0.3) is 56.2 Å². The minimum absolute atomic E-state index is 0. The van der Waals surface area contributed by atoms with Crippen LogP contribution in [-0.4, -0.2) is 19.2 Å². The maximum absolute atomic E-state index is 4.12. The zero-order valence-electron chi connectivity index (χ0n) is 32.6. The second kappa shape index (κ2) is 18.0. The fourth-order valence-corrected chi connectivity index (χ4v) is 6.40. The third-order valence-corrected chi connectivity index (χ3v) is 9.49. The Morgan fingerprint density at radius 1 is 0.483 bits per heavy atom. The van der Waals surface area contributed by atoms with Gasteiger partial charge in [0.25, 0.3) is 12.7 Å². The minimum atomic E-state index is 0. The van der Waals surface area contributed by atoms with Crippen molar-refractivity contribution in [3.8, 4) is 34.1 Å². The molecule has 6 aromatic carbocycles. The van der Waals surface area contributed by atoms with Crippen molar-refractivity contribution in [2.24, 2.45) is 0 Å². The molecular formula is C50H40IrN7-3. The van der Waals surface area contributed by atoms with Crippen molar-refractivity contribution < 1.29 is 29.2 Å². The van der Waals surface area contributed by atoms with Crippen molar-refractivity contribution in [3.05, 3.63) is 217 Å². The first kappa shape index (κ1) is 39.5. The van der Waals surface area contributed by atoms with Crippen LogP contribution in [0.3, 0.4) is 0 Å². The number of para-hydroxylation sites is 4. The maximum Gasteiger partial charge on any atom is 0.268 e. The monoisotopic (exact) mass is 931 g/mol. The average Bonchev–Trinajstić information content (AvgIpc) is 4.02. The topological polar surface area (TPSA) is 57.5 Å². The van der Waals surface area contributed by atoms with E-state index in [1.165, 1.54) is 22.3 Å².